The Morgan fingerprint density at radius 3 is 2.70 bits per heavy atom. The molecule has 2 amide bonds. The van der Waals surface area contributed by atoms with Crippen molar-refractivity contribution in [1.29, 1.82) is 0 Å². The second kappa shape index (κ2) is 7.59. The fourth-order valence-electron chi connectivity index (χ4n) is 2.76. The molecule has 0 aromatic carbocycles. The molecule has 4 N–H and O–H groups in total. The number of piperidine rings is 1. The van der Waals surface area contributed by atoms with Gasteiger partial charge in [0.05, 0.1) is 18.6 Å². The summed E-state index contributed by atoms with van der Waals surface area (Å²) in [5, 5.41) is 5.59. The standard InChI is InChI=1S/C14H25N3O3/c15-11-2-4-12(5-3-11)20-8-7-16-14(19)10-1-6-13(18)17-9-10/h10-12H,1-9,15H2,(H,16,19)(H,17,18). The summed E-state index contributed by atoms with van der Waals surface area (Å²) in [4.78, 5) is 22.9. The lowest BCUT2D eigenvalue weighted by atomic mass is 9.94. The highest BCUT2D eigenvalue weighted by Crippen LogP contribution is 2.19. The fourth-order valence-corrected chi connectivity index (χ4v) is 2.76. The Labute approximate surface area is 119 Å². The number of amides is 2. The number of nitrogens with one attached hydrogen (secondary N) is 2. The third-order valence-electron chi connectivity index (χ3n) is 4.11. The van der Waals surface area contributed by atoms with E-state index in [1.165, 1.54) is 0 Å². The number of hydrogen-bond acceptors (Lipinski definition) is 4. The van der Waals surface area contributed by atoms with Gasteiger partial charge in [0.2, 0.25) is 11.8 Å². The summed E-state index contributed by atoms with van der Waals surface area (Å²) in [5.74, 6) is -0.0486. The van der Waals surface area contributed by atoms with Crippen LogP contribution in [0.2, 0.25) is 0 Å². The normalized spacial score (nSPS) is 30.6. The Morgan fingerprint density at radius 2 is 2.05 bits per heavy atom. The van der Waals surface area contributed by atoms with E-state index in [0.717, 1.165) is 25.7 Å². The largest absolute Gasteiger partial charge is 0.376 e. The molecule has 0 aromatic heterocycles. The molecule has 2 aliphatic rings. The summed E-state index contributed by atoms with van der Waals surface area (Å²) in [7, 11) is 0. The van der Waals surface area contributed by atoms with E-state index in [1.807, 2.05) is 0 Å². The molecule has 1 heterocycles. The molecular weight excluding hydrogens is 258 g/mol. The lowest BCUT2D eigenvalue weighted by molar-refractivity contribution is -0.129. The van der Waals surface area contributed by atoms with Crippen LogP contribution in [0.1, 0.15) is 38.5 Å². The molecule has 1 unspecified atom stereocenters. The summed E-state index contributed by atoms with van der Waals surface area (Å²) in [5.41, 5.74) is 5.84. The van der Waals surface area contributed by atoms with Gasteiger partial charge in [-0.1, -0.05) is 0 Å². The van der Waals surface area contributed by atoms with Gasteiger partial charge in [-0.05, 0) is 32.1 Å². The number of carbonyl (C=O) groups excluding carboxylic acids is 2. The summed E-state index contributed by atoms with van der Waals surface area (Å²) < 4.78 is 5.75. The van der Waals surface area contributed by atoms with Crippen LogP contribution in [0, 0.1) is 5.92 Å². The van der Waals surface area contributed by atoms with Crippen LogP contribution in [-0.4, -0.2) is 43.7 Å². The topological polar surface area (TPSA) is 93.4 Å². The number of hydrogen-bond donors (Lipinski definition) is 3. The van der Waals surface area contributed by atoms with Crippen LogP contribution in [0.25, 0.3) is 0 Å². The highest BCUT2D eigenvalue weighted by Gasteiger charge is 2.24. The molecule has 6 nitrogen and oxygen atoms in total. The molecule has 1 aliphatic heterocycles. The Morgan fingerprint density at radius 1 is 1.30 bits per heavy atom. The van der Waals surface area contributed by atoms with Crippen LogP contribution in [0.4, 0.5) is 0 Å². The van der Waals surface area contributed by atoms with Crippen LogP contribution in [0.3, 0.4) is 0 Å². The molecule has 1 saturated heterocycles. The van der Waals surface area contributed by atoms with E-state index >= 15 is 0 Å². The molecular formula is C14H25N3O3. The average molecular weight is 283 g/mol. The minimum absolute atomic E-state index is 0.0132. The lowest BCUT2D eigenvalue weighted by Crippen LogP contribution is -2.43. The molecule has 6 heteroatoms. The molecule has 1 aliphatic carbocycles. The highest BCUT2D eigenvalue weighted by atomic mass is 16.5. The van der Waals surface area contributed by atoms with Crippen molar-refractivity contribution in [3.05, 3.63) is 0 Å². The molecule has 0 radical (unpaired) electrons. The van der Waals surface area contributed by atoms with Gasteiger partial charge in [-0.25, -0.2) is 0 Å². The fraction of sp³-hybridized carbons (Fsp3) is 0.857. The molecule has 0 aromatic rings. The Kier molecular flexibility index (Phi) is 5.79. The van der Waals surface area contributed by atoms with Gasteiger partial charge in [-0.2, -0.15) is 0 Å². The number of carbonyl (C=O) groups is 2. The first-order chi connectivity index (χ1) is 9.65. The van der Waals surface area contributed by atoms with Gasteiger partial charge in [0.15, 0.2) is 0 Å². The van der Waals surface area contributed by atoms with Crippen molar-refractivity contribution in [1.82, 2.24) is 10.6 Å². The number of nitrogens with two attached hydrogens (primary N) is 1. The second-order valence-electron chi connectivity index (χ2n) is 5.74. The SMILES string of the molecule is NC1CCC(OCCNC(=O)C2CCC(=O)NC2)CC1. The minimum atomic E-state index is -0.0969. The maximum absolute atomic E-state index is 11.9. The van der Waals surface area contributed by atoms with Crippen LogP contribution in [-0.2, 0) is 14.3 Å². The van der Waals surface area contributed by atoms with E-state index in [4.69, 9.17) is 10.5 Å². The van der Waals surface area contributed by atoms with E-state index in [-0.39, 0.29) is 17.7 Å². The smallest absolute Gasteiger partial charge is 0.224 e. The van der Waals surface area contributed by atoms with E-state index in [0.29, 0.717) is 44.7 Å². The second-order valence-corrected chi connectivity index (χ2v) is 5.74. The monoisotopic (exact) mass is 283 g/mol. The molecule has 2 fully saturated rings. The van der Waals surface area contributed by atoms with Gasteiger partial charge in [-0.3, -0.25) is 9.59 Å². The van der Waals surface area contributed by atoms with Crippen molar-refractivity contribution in [3.8, 4) is 0 Å². The van der Waals surface area contributed by atoms with Crippen LogP contribution in [0.15, 0.2) is 0 Å². The minimum Gasteiger partial charge on any atom is -0.376 e. The zero-order chi connectivity index (χ0) is 14.4. The maximum atomic E-state index is 11.9. The molecule has 20 heavy (non-hydrogen) atoms. The molecule has 0 spiro atoms. The Bertz CT molecular complexity index is 331. The van der Waals surface area contributed by atoms with E-state index in [1.54, 1.807) is 0 Å². The van der Waals surface area contributed by atoms with E-state index < -0.39 is 0 Å². The van der Waals surface area contributed by atoms with E-state index in [9.17, 15) is 9.59 Å². The first-order valence-electron chi connectivity index (χ1n) is 7.56. The quantitative estimate of drug-likeness (QED) is 0.615. The van der Waals surface area contributed by atoms with Crippen LogP contribution < -0.4 is 16.4 Å². The van der Waals surface area contributed by atoms with Gasteiger partial charge in [0.1, 0.15) is 0 Å². The summed E-state index contributed by atoms with van der Waals surface area (Å²) in [6, 6.07) is 0.330. The predicted molar refractivity (Wildman–Crippen MR) is 74.9 cm³/mol. The van der Waals surface area contributed by atoms with Crippen molar-refractivity contribution in [3.63, 3.8) is 0 Å². The predicted octanol–water partition coefficient (Wildman–Crippen LogP) is -0.0847. The lowest BCUT2D eigenvalue weighted by Gasteiger charge is -2.26. The molecule has 0 bridgehead atoms. The first-order valence-corrected chi connectivity index (χ1v) is 7.56. The zero-order valence-electron chi connectivity index (χ0n) is 11.9. The van der Waals surface area contributed by atoms with Crippen molar-refractivity contribution in [2.24, 2.45) is 11.7 Å². The number of rotatable bonds is 5. The molecule has 1 atom stereocenters. The van der Waals surface area contributed by atoms with Gasteiger partial charge in [0.25, 0.3) is 0 Å². The van der Waals surface area contributed by atoms with Crippen LogP contribution in [0.5, 0.6) is 0 Å². The van der Waals surface area contributed by atoms with Crippen LogP contribution >= 0.6 is 0 Å². The third kappa shape index (κ3) is 4.76. The first kappa shape index (κ1) is 15.3. The average Bonchev–Trinajstić information content (AvgIpc) is 2.46. The maximum Gasteiger partial charge on any atom is 0.224 e. The molecule has 2 rings (SSSR count). The van der Waals surface area contributed by atoms with Crippen molar-refractivity contribution in [2.45, 2.75) is 50.7 Å². The summed E-state index contributed by atoms with van der Waals surface area (Å²) in [6.45, 7) is 1.53. The third-order valence-corrected chi connectivity index (χ3v) is 4.11. The van der Waals surface area contributed by atoms with Gasteiger partial charge in [-0.15, -0.1) is 0 Å². The molecule has 1 saturated carbocycles. The van der Waals surface area contributed by atoms with E-state index in [2.05, 4.69) is 10.6 Å². The Balaban J connectivity index is 1.54. The zero-order valence-corrected chi connectivity index (χ0v) is 11.9. The highest BCUT2D eigenvalue weighted by molar-refractivity contribution is 5.83. The van der Waals surface area contributed by atoms with Crippen molar-refractivity contribution in [2.75, 3.05) is 19.7 Å². The summed E-state index contributed by atoms with van der Waals surface area (Å²) in [6.07, 6.45) is 5.46. The van der Waals surface area contributed by atoms with Gasteiger partial charge in [0, 0.05) is 25.6 Å². The summed E-state index contributed by atoms with van der Waals surface area (Å²) >= 11 is 0. The Hall–Kier alpha value is -1.14. The molecule has 114 valence electrons. The van der Waals surface area contributed by atoms with Gasteiger partial charge < -0.3 is 21.1 Å². The van der Waals surface area contributed by atoms with Gasteiger partial charge >= 0.3 is 0 Å². The van der Waals surface area contributed by atoms with Crippen molar-refractivity contribution >= 4 is 11.8 Å². The number of ether oxygens (including phenoxy) is 1. The van der Waals surface area contributed by atoms with Crippen molar-refractivity contribution < 1.29 is 14.3 Å².